The molecule has 1 atom stereocenters. The molecule has 0 amide bonds. The Morgan fingerprint density at radius 1 is 1.57 bits per heavy atom. The molecule has 0 bridgehead atoms. The van der Waals surface area contributed by atoms with Crippen molar-refractivity contribution < 1.29 is 10.0 Å². The fourth-order valence-corrected chi connectivity index (χ4v) is 3.04. The molecule has 23 heavy (non-hydrogen) atoms. The van der Waals surface area contributed by atoms with Crippen LogP contribution in [0.15, 0.2) is 41.4 Å². The van der Waals surface area contributed by atoms with Crippen molar-refractivity contribution >= 4 is 0 Å². The molecule has 0 spiro atoms. The lowest BCUT2D eigenvalue weighted by molar-refractivity contribution is -0.480. The van der Waals surface area contributed by atoms with Crippen LogP contribution in [0.5, 0.6) is 0 Å². The third kappa shape index (κ3) is 6.45. The minimum Gasteiger partial charge on any atom is -0.501 e. The maximum atomic E-state index is 10.6. The molecule has 1 unspecified atom stereocenters. The number of aliphatic hydroxyl groups is 1. The highest BCUT2D eigenvalue weighted by Gasteiger charge is 2.31. The molecule has 1 rings (SSSR count). The molecule has 0 heterocycles. The van der Waals surface area contributed by atoms with E-state index in [9.17, 15) is 15.2 Å². The van der Waals surface area contributed by atoms with E-state index in [-0.39, 0.29) is 22.6 Å². The quantitative estimate of drug-likeness (QED) is 0.283. The second-order valence-electron chi connectivity index (χ2n) is 6.68. The molecule has 0 aromatic rings. The minimum atomic E-state index is -0.242. The molecule has 4 heteroatoms. The van der Waals surface area contributed by atoms with E-state index in [4.69, 9.17) is 0 Å². The van der Waals surface area contributed by atoms with Crippen molar-refractivity contribution in [3.05, 3.63) is 51.5 Å². The zero-order chi connectivity index (χ0) is 17.3. The van der Waals surface area contributed by atoms with Gasteiger partial charge in [-0.05, 0) is 49.2 Å². The van der Waals surface area contributed by atoms with Crippen LogP contribution in [0.1, 0.15) is 59.3 Å². The van der Waals surface area contributed by atoms with Crippen molar-refractivity contribution in [2.24, 2.45) is 11.3 Å². The number of rotatable bonds is 8. The van der Waals surface area contributed by atoms with Gasteiger partial charge in [0.15, 0.2) is 5.76 Å². The van der Waals surface area contributed by atoms with E-state index in [1.54, 1.807) is 6.08 Å². The number of allylic oxidation sites excluding steroid dienone is 4. The first kappa shape index (κ1) is 19.2. The zero-order valence-electron chi connectivity index (χ0n) is 14.5. The number of nitro groups is 1. The van der Waals surface area contributed by atoms with E-state index in [2.05, 4.69) is 38.7 Å². The topological polar surface area (TPSA) is 63.4 Å². The normalized spacial score (nSPS) is 20.6. The predicted molar refractivity (Wildman–Crippen MR) is 94.0 cm³/mol. The maximum absolute atomic E-state index is 10.6. The average molecular weight is 319 g/mol. The maximum Gasteiger partial charge on any atom is 0.204 e. The molecule has 1 aliphatic carbocycles. The van der Waals surface area contributed by atoms with Gasteiger partial charge in [-0.2, -0.15) is 0 Å². The highest BCUT2D eigenvalue weighted by Crippen LogP contribution is 2.41. The lowest BCUT2D eigenvalue weighted by atomic mass is 9.69. The molecule has 0 aromatic heterocycles. The van der Waals surface area contributed by atoms with Gasteiger partial charge in [-0.15, -0.1) is 0 Å². The van der Waals surface area contributed by atoms with E-state index in [0.29, 0.717) is 12.3 Å². The van der Waals surface area contributed by atoms with Gasteiger partial charge in [0.25, 0.3) is 0 Å². The average Bonchev–Trinajstić information content (AvgIpc) is 2.46. The fraction of sp³-hybridized carbons (Fsp3) is 0.632. The van der Waals surface area contributed by atoms with Gasteiger partial charge in [0.2, 0.25) is 6.54 Å². The van der Waals surface area contributed by atoms with Crippen molar-refractivity contribution in [3.8, 4) is 0 Å². The summed E-state index contributed by atoms with van der Waals surface area (Å²) in [6.45, 7) is 6.58. The largest absolute Gasteiger partial charge is 0.501 e. The van der Waals surface area contributed by atoms with Crippen molar-refractivity contribution in [1.29, 1.82) is 0 Å². The molecule has 0 saturated carbocycles. The van der Waals surface area contributed by atoms with E-state index in [1.165, 1.54) is 5.57 Å². The van der Waals surface area contributed by atoms with Crippen LogP contribution in [-0.4, -0.2) is 16.6 Å². The first-order valence-electron chi connectivity index (χ1n) is 8.51. The van der Waals surface area contributed by atoms with E-state index >= 15 is 0 Å². The summed E-state index contributed by atoms with van der Waals surface area (Å²) in [5.74, 6) is 0.458. The Morgan fingerprint density at radius 3 is 2.96 bits per heavy atom. The van der Waals surface area contributed by atoms with Crippen molar-refractivity contribution in [2.75, 3.05) is 6.54 Å². The van der Waals surface area contributed by atoms with Crippen LogP contribution in [-0.2, 0) is 0 Å². The Balaban J connectivity index is 2.92. The summed E-state index contributed by atoms with van der Waals surface area (Å²) in [7, 11) is 0. The Bertz CT molecular complexity index is 523. The van der Waals surface area contributed by atoms with Gasteiger partial charge in [0.05, 0.1) is 0 Å². The second-order valence-corrected chi connectivity index (χ2v) is 6.68. The fourth-order valence-electron chi connectivity index (χ4n) is 3.04. The third-order valence-electron chi connectivity index (χ3n) is 4.58. The van der Waals surface area contributed by atoms with Crippen molar-refractivity contribution in [1.82, 2.24) is 0 Å². The molecule has 1 aliphatic rings. The van der Waals surface area contributed by atoms with E-state index in [1.807, 2.05) is 6.08 Å². The van der Waals surface area contributed by atoms with Crippen LogP contribution in [0, 0.1) is 21.4 Å². The summed E-state index contributed by atoms with van der Waals surface area (Å²) >= 11 is 0. The predicted octanol–water partition coefficient (Wildman–Crippen LogP) is 5.36. The number of hydrogen-bond donors (Lipinski definition) is 1. The highest BCUT2D eigenvalue weighted by molar-refractivity contribution is 5.21. The summed E-state index contributed by atoms with van der Waals surface area (Å²) < 4.78 is 0. The van der Waals surface area contributed by atoms with Gasteiger partial charge in [-0.3, -0.25) is 10.1 Å². The van der Waals surface area contributed by atoms with Gasteiger partial charge in [0, 0.05) is 11.3 Å². The number of unbranched alkanes of at least 4 members (excludes halogenated alkanes) is 1. The standard InChI is InChI=1S/C19H29NO3/c1-4-5-9-16(11-8-15-20(22)23)19(2,3)17-10-6-7-12-18(21)14-13-17/h7,9,13-14,17,21H,4-6,8,10-11,15H2,1-3H3/b14-13-,16-9?. The molecule has 128 valence electrons. The van der Waals surface area contributed by atoms with Crippen LogP contribution in [0.4, 0.5) is 0 Å². The molecular formula is C19H29NO3. The molecule has 0 radical (unpaired) electrons. The molecular weight excluding hydrogens is 290 g/mol. The van der Waals surface area contributed by atoms with Crippen LogP contribution in [0.3, 0.4) is 0 Å². The summed E-state index contributed by atoms with van der Waals surface area (Å²) in [4.78, 5) is 10.4. The Hall–Kier alpha value is -1.80. The van der Waals surface area contributed by atoms with Crippen LogP contribution >= 0.6 is 0 Å². The van der Waals surface area contributed by atoms with E-state index < -0.39 is 0 Å². The summed E-state index contributed by atoms with van der Waals surface area (Å²) in [6.07, 6.45) is 13.2. The van der Waals surface area contributed by atoms with Gasteiger partial charge in [0.1, 0.15) is 0 Å². The minimum absolute atomic E-state index is 0.0202. The molecule has 1 N–H and O–H groups in total. The third-order valence-corrected chi connectivity index (χ3v) is 4.58. The number of nitrogens with zero attached hydrogens (tertiary/aromatic N) is 1. The lowest BCUT2D eigenvalue weighted by Gasteiger charge is -2.36. The van der Waals surface area contributed by atoms with E-state index in [0.717, 1.165) is 32.1 Å². The zero-order valence-corrected chi connectivity index (χ0v) is 14.5. The monoisotopic (exact) mass is 319 g/mol. The van der Waals surface area contributed by atoms with Gasteiger partial charge in [-0.25, -0.2) is 0 Å². The molecule has 0 aromatic carbocycles. The smallest absolute Gasteiger partial charge is 0.204 e. The SMILES string of the molecule is CCCC=C(CCC[N+](=O)[O-])C(C)(C)C1/C=C\C(O)=C=CCC1. The number of hydrogen-bond acceptors (Lipinski definition) is 3. The van der Waals surface area contributed by atoms with Crippen LogP contribution < -0.4 is 0 Å². The van der Waals surface area contributed by atoms with Crippen molar-refractivity contribution in [2.45, 2.75) is 59.3 Å². The summed E-state index contributed by atoms with van der Waals surface area (Å²) in [5.41, 5.74) is 4.06. The second kappa shape index (κ2) is 9.36. The molecule has 0 fully saturated rings. The number of aliphatic hydroxyl groups excluding tert-OH is 1. The van der Waals surface area contributed by atoms with Crippen LogP contribution in [0.25, 0.3) is 0 Å². The Morgan fingerprint density at radius 2 is 2.30 bits per heavy atom. The Kier molecular flexibility index (Phi) is 7.84. The first-order valence-corrected chi connectivity index (χ1v) is 8.51. The van der Waals surface area contributed by atoms with Crippen LogP contribution in [0.2, 0.25) is 0 Å². The summed E-state index contributed by atoms with van der Waals surface area (Å²) in [6, 6.07) is 0. The Labute approximate surface area is 139 Å². The van der Waals surface area contributed by atoms with Gasteiger partial charge in [-0.1, -0.05) is 50.6 Å². The lowest BCUT2D eigenvalue weighted by Crippen LogP contribution is -2.26. The van der Waals surface area contributed by atoms with Gasteiger partial charge < -0.3 is 5.11 Å². The summed E-state index contributed by atoms with van der Waals surface area (Å²) in [5, 5.41) is 20.3. The molecule has 0 saturated heterocycles. The van der Waals surface area contributed by atoms with Gasteiger partial charge >= 0.3 is 0 Å². The molecule has 0 aliphatic heterocycles. The van der Waals surface area contributed by atoms with Crippen molar-refractivity contribution in [3.63, 3.8) is 0 Å². The first-order chi connectivity index (χ1) is 10.9. The highest BCUT2D eigenvalue weighted by atomic mass is 16.6. The molecule has 4 nitrogen and oxygen atoms in total.